The zero-order chi connectivity index (χ0) is 21.4. The van der Waals surface area contributed by atoms with E-state index in [1.54, 1.807) is 0 Å². The zero-order valence-electron chi connectivity index (χ0n) is 17.7. The molecule has 8 heteroatoms. The van der Waals surface area contributed by atoms with Gasteiger partial charge in [-0.2, -0.15) is 4.98 Å². The van der Waals surface area contributed by atoms with Crippen LogP contribution in [0, 0.1) is 0 Å². The summed E-state index contributed by atoms with van der Waals surface area (Å²) in [6.45, 7) is 4.97. The lowest BCUT2D eigenvalue weighted by Crippen LogP contribution is -2.59. The first kappa shape index (κ1) is 21.8. The molecule has 0 aliphatic heterocycles. The minimum Gasteiger partial charge on any atom is -0.494 e. The molecule has 1 heterocycles. The number of rotatable bonds is 9. The van der Waals surface area contributed by atoms with Gasteiger partial charge >= 0.3 is 0 Å². The molecule has 30 heavy (non-hydrogen) atoms. The number of ether oxygens (including phenoxy) is 1. The normalized spacial score (nSPS) is 15.4. The van der Waals surface area contributed by atoms with E-state index in [1.165, 1.54) is 0 Å². The summed E-state index contributed by atoms with van der Waals surface area (Å²) in [6.07, 6.45) is 4.82. The van der Waals surface area contributed by atoms with Crippen LogP contribution in [-0.4, -0.2) is 40.6 Å². The van der Waals surface area contributed by atoms with Gasteiger partial charge in [0.1, 0.15) is 11.3 Å². The van der Waals surface area contributed by atoms with E-state index in [-0.39, 0.29) is 18.2 Å². The maximum absolute atomic E-state index is 12.6. The van der Waals surface area contributed by atoms with Crippen LogP contribution in [0.1, 0.15) is 58.3 Å². The first-order chi connectivity index (χ1) is 14.6. The Bertz CT molecular complexity index is 841. The fraction of sp³-hybridized carbons (Fsp3) is 0.545. The van der Waals surface area contributed by atoms with Gasteiger partial charge in [-0.05, 0) is 51.0 Å². The van der Waals surface area contributed by atoms with E-state index < -0.39 is 5.54 Å². The van der Waals surface area contributed by atoms with Crippen molar-refractivity contribution in [1.29, 1.82) is 0 Å². The third-order valence-corrected chi connectivity index (χ3v) is 5.32. The van der Waals surface area contributed by atoms with E-state index in [0.29, 0.717) is 44.1 Å². The second-order valence-electron chi connectivity index (χ2n) is 7.52. The third-order valence-electron chi connectivity index (χ3n) is 5.32. The highest BCUT2D eigenvalue weighted by Crippen LogP contribution is 2.29. The van der Waals surface area contributed by atoms with Gasteiger partial charge in [0.15, 0.2) is 0 Å². The fourth-order valence-corrected chi connectivity index (χ4v) is 3.78. The van der Waals surface area contributed by atoms with Gasteiger partial charge in [0, 0.05) is 24.9 Å². The molecule has 1 aliphatic carbocycles. The summed E-state index contributed by atoms with van der Waals surface area (Å²) < 4.78 is 10.7. The number of benzene rings is 1. The second-order valence-corrected chi connectivity index (χ2v) is 7.52. The molecule has 8 nitrogen and oxygen atoms in total. The monoisotopic (exact) mass is 414 g/mol. The number of nitrogens with zero attached hydrogens (tertiary/aromatic N) is 2. The van der Waals surface area contributed by atoms with Gasteiger partial charge in [-0.1, -0.05) is 24.4 Å². The number of nitrogens with one attached hydrogen (secondary N) is 2. The van der Waals surface area contributed by atoms with Gasteiger partial charge < -0.3 is 19.9 Å². The van der Waals surface area contributed by atoms with Crippen molar-refractivity contribution >= 4 is 11.8 Å². The largest absolute Gasteiger partial charge is 0.494 e. The molecule has 162 valence electrons. The number of carbonyl (C=O) groups is 2. The van der Waals surface area contributed by atoms with Crippen molar-refractivity contribution < 1.29 is 18.8 Å². The molecule has 2 N–H and O–H groups in total. The van der Waals surface area contributed by atoms with Crippen molar-refractivity contribution in [2.24, 2.45) is 0 Å². The lowest BCUT2D eigenvalue weighted by atomic mass is 9.80. The van der Waals surface area contributed by atoms with Gasteiger partial charge in [0.05, 0.1) is 6.61 Å². The maximum atomic E-state index is 12.6. The van der Waals surface area contributed by atoms with E-state index >= 15 is 0 Å². The van der Waals surface area contributed by atoms with E-state index in [4.69, 9.17) is 9.26 Å². The van der Waals surface area contributed by atoms with Crippen LogP contribution in [0.5, 0.6) is 5.75 Å². The highest BCUT2D eigenvalue weighted by atomic mass is 16.5. The van der Waals surface area contributed by atoms with Gasteiger partial charge in [-0.3, -0.25) is 9.59 Å². The lowest BCUT2D eigenvalue weighted by Gasteiger charge is -2.36. The number of aryl methyl sites for hydroxylation is 1. The van der Waals surface area contributed by atoms with Crippen LogP contribution in [-0.2, 0) is 16.0 Å². The molecule has 2 aromatic rings. The molecule has 0 spiro atoms. The number of amides is 2. The quantitative estimate of drug-likeness (QED) is 0.653. The fourth-order valence-electron chi connectivity index (χ4n) is 3.78. The van der Waals surface area contributed by atoms with Crippen LogP contribution in [0.15, 0.2) is 28.8 Å². The van der Waals surface area contributed by atoms with E-state index in [0.717, 1.165) is 30.6 Å². The molecule has 3 rings (SSSR count). The van der Waals surface area contributed by atoms with E-state index in [9.17, 15) is 9.59 Å². The SMILES string of the molecule is CCNC(=O)C1(NC(=O)CCc2nc(-c3ccc(OCC)cc3)no2)CCCCC1. The summed E-state index contributed by atoms with van der Waals surface area (Å²) in [5.74, 6) is 1.38. The molecule has 1 aromatic carbocycles. The molecule has 1 fully saturated rings. The summed E-state index contributed by atoms with van der Waals surface area (Å²) in [4.78, 5) is 29.5. The molecular weight excluding hydrogens is 384 g/mol. The van der Waals surface area contributed by atoms with Crippen molar-refractivity contribution in [3.05, 3.63) is 30.2 Å². The maximum Gasteiger partial charge on any atom is 0.245 e. The first-order valence-electron chi connectivity index (χ1n) is 10.7. The lowest BCUT2D eigenvalue weighted by molar-refractivity contribution is -0.135. The highest BCUT2D eigenvalue weighted by molar-refractivity contribution is 5.91. The summed E-state index contributed by atoms with van der Waals surface area (Å²) in [5, 5.41) is 9.85. The number of hydrogen-bond acceptors (Lipinski definition) is 6. The molecule has 0 unspecified atom stereocenters. The van der Waals surface area contributed by atoms with Crippen molar-refractivity contribution in [2.75, 3.05) is 13.2 Å². The minimum absolute atomic E-state index is 0.0892. The average Bonchev–Trinajstić information content (AvgIpc) is 3.23. The van der Waals surface area contributed by atoms with Gasteiger partial charge in [-0.25, -0.2) is 0 Å². The number of carbonyl (C=O) groups excluding carboxylic acids is 2. The van der Waals surface area contributed by atoms with Crippen molar-refractivity contribution in [1.82, 2.24) is 20.8 Å². The van der Waals surface area contributed by atoms with Crippen LogP contribution < -0.4 is 15.4 Å². The zero-order valence-corrected chi connectivity index (χ0v) is 17.7. The Kier molecular flexibility index (Phi) is 7.43. The molecule has 2 amide bonds. The third kappa shape index (κ3) is 5.37. The number of hydrogen-bond donors (Lipinski definition) is 2. The minimum atomic E-state index is -0.798. The Balaban J connectivity index is 1.57. The molecule has 1 saturated carbocycles. The summed E-state index contributed by atoms with van der Waals surface area (Å²) >= 11 is 0. The molecule has 1 aromatic heterocycles. The van der Waals surface area contributed by atoms with Gasteiger partial charge in [-0.15, -0.1) is 0 Å². The van der Waals surface area contributed by atoms with E-state index in [1.807, 2.05) is 38.1 Å². The smallest absolute Gasteiger partial charge is 0.245 e. The summed E-state index contributed by atoms with van der Waals surface area (Å²) in [7, 11) is 0. The first-order valence-corrected chi connectivity index (χ1v) is 10.7. The van der Waals surface area contributed by atoms with Crippen LogP contribution in [0.2, 0.25) is 0 Å². The summed E-state index contributed by atoms with van der Waals surface area (Å²) in [5.41, 5.74) is 0.0171. The standard InChI is InChI=1S/C22H30N4O4/c1-3-23-21(28)22(14-6-5-7-15-22)25-18(27)12-13-19-24-20(26-30-19)16-8-10-17(11-9-16)29-4-2/h8-11H,3-7,12-15H2,1-2H3,(H,23,28)(H,25,27). The Morgan fingerprint density at radius 2 is 1.87 bits per heavy atom. The van der Waals surface area contributed by atoms with Crippen LogP contribution in [0.4, 0.5) is 0 Å². The van der Waals surface area contributed by atoms with Crippen molar-refractivity contribution in [2.45, 2.75) is 64.3 Å². The van der Waals surface area contributed by atoms with Crippen LogP contribution in [0.25, 0.3) is 11.4 Å². The molecule has 0 atom stereocenters. The Labute approximate surface area is 176 Å². The number of likely N-dealkylation sites (N-methyl/N-ethyl adjacent to an activating group) is 1. The summed E-state index contributed by atoms with van der Waals surface area (Å²) in [6, 6.07) is 7.44. The molecule has 0 radical (unpaired) electrons. The van der Waals surface area contributed by atoms with Crippen molar-refractivity contribution in [3.8, 4) is 17.1 Å². The molecule has 0 saturated heterocycles. The Hall–Kier alpha value is -2.90. The van der Waals surface area contributed by atoms with Crippen molar-refractivity contribution in [3.63, 3.8) is 0 Å². The Morgan fingerprint density at radius 1 is 1.13 bits per heavy atom. The predicted molar refractivity (Wildman–Crippen MR) is 112 cm³/mol. The molecular formula is C22H30N4O4. The van der Waals surface area contributed by atoms with Crippen LogP contribution in [0.3, 0.4) is 0 Å². The van der Waals surface area contributed by atoms with Gasteiger partial charge in [0.25, 0.3) is 0 Å². The van der Waals surface area contributed by atoms with Gasteiger partial charge in [0.2, 0.25) is 23.5 Å². The average molecular weight is 415 g/mol. The molecule has 0 bridgehead atoms. The topological polar surface area (TPSA) is 106 Å². The highest BCUT2D eigenvalue weighted by Gasteiger charge is 2.40. The Morgan fingerprint density at radius 3 is 2.53 bits per heavy atom. The second kappa shape index (κ2) is 10.2. The van der Waals surface area contributed by atoms with Crippen LogP contribution >= 0.6 is 0 Å². The number of aromatic nitrogens is 2. The molecule has 1 aliphatic rings. The predicted octanol–water partition coefficient (Wildman–Crippen LogP) is 3.02. The van der Waals surface area contributed by atoms with E-state index in [2.05, 4.69) is 20.8 Å².